The maximum atomic E-state index is 13.2. The third-order valence-corrected chi connectivity index (χ3v) is 3.53. The van der Waals surface area contributed by atoms with E-state index in [0.717, 1.165) is 17.3 Å². The molecular weight excluding hydrogens is 217 g/mol. The summed E-state index contributed by atoms with van der Waals surface area (Å²) in [5.41, 5.74) is 0.919. The fourth-order valence-corrected chi connectivity index (χ4v) is 2.20. The van der Waals surface area contributed by atoms with Crippen LogP contribution in [0.15, 0.2) is 12.3 Å². The molecule has 0 aliphatic heterocycles. The second-order valence-electron chi connectivity index (χ2n) is 4.86. The van der Waals surface area contributed by atoms with Gasteiger partial charge in [-0.05, 0) is 38.8 Å². The maximum Gasteiger partial charge on any atom is 0.141 e. The van der Waals surface area contributed by atoms with Crippen molar-refractivity contribution in [2.45, 2.75) is 32.4 Å². The molecule has 1 saturated carbocycles. The van der Waals surface area contributed by atoms with Crippen LogP contribution in [0, 0.1) is 11.7 Å². The van der Waals surface area contributed by atoms with Crippen LogP contribution in [-0.2, 0) is 6.54 Å². The molecule has 1 N–H and O–H groups in total. The highest BCUT2D eigenvalue weighted by molar-refractivity contribution is 5.47. The summed E-state index contributed by atoms with van der Waals surface area (Å²) in [5.74, 6) is 1.39. The monoisotopic (exact) mass is 237 g/mol. The smallest absolute Gasteiger partial charge is 0.141 e. The van der Waals surface area contributed by atoms with Gasteiger partial charge in [-0.3, -0.25) is 0 Å². The highest BCUT2D eigenvalue weighted by Gasteiger charge is 2.31. The molecule has 17 heavy (non-hydrogen) atoms. The number of anilines is 1. The summed E-state index contributed by atoms with van der Waals surface area (Å²) in [6, 6.07) is 2.04. The molecule has 1 fully saturated rings. The molecule has 4 heteroatoms. The van der Waals surface area contributed by atoms with Crippen molar-refractivity contribution in [1.29, 1.82) is 0 Å². The molecule has 0 radical (unpaired) electrons. The highest BCUT2D eigenvalue weighted by Crippen LogP contribution is 2.36. The third-order valence-electron chi connectivity index (χ3n) is 3.53. The van der Waals surface area contributed by atoms with Crippen LogP contribution in [0.5, 0.6) is 0 Å². The number of halogens is 1. The summed E-state index contributed by atoms with van der Waals surface area (Å²) in [6.45, 7) is 2.85. The van der Waals surface area contributed by atoms with E-state index in [1.807, 2.05) is 14.1 Å². The Morgan fingerprint density at radius 1 is 1.59 bits per heavy atom. The summed E-state index contributed by atoms with van der Waals surface area (Å²) >= 11 is 0. The molecule has 1 aliphatic rings. The Hall–Kier alpha value is -1.16. The Bertz CT molecular complexity index is 390. The zero-order valence-electron chi connectivity index (χ0n) is 10.7. The standard InChI is InChI=1S/C13H20FN3/c1-9(10-4-5-10)17(3)13-11(7-15-2)6-12(14)8-16-13/h6,8-10,15H,4-5,7H2,1-3H3. The van der Waals surface area contributed by atoms with E-state index >= 15 is 0 Å². The van der Waals surface area contributed by atoms with Gasteiger partial charge in [-0.1, -0.05) is 0 Å². The minimum Gasteiger partial charge on any atom is -0.356 e. The van der Waals surface area contributed by atoms with Crippen molar-refractivity contribution < 1.29 is 4.39 Å². The van der Waals surface area contributed by atoms with Gasteiger partial charge in [0, 0.05) is 25.2 Å². The summed E-state index contributed by atoms with van der Waals surface area (Å²) in [6.07, 6.45) is 3.90. The molecule has 3 nitrogen and oxygen atoms in total. The van der Waals surface area contributed by atoms with Gasteiger partial charge in [0.2, 0.25) is 0 Å². The quantitative estimate of drug-likeness (QED) is 0.850. The minimum atomic E-state index is -0.272. The molecule has 2 rings (SSSR count). The predicted molar refractivity (Wildman–Crippen MR) is 67.5 cm³/mol. The van der Waals surface area contributed by atoms with Crippen molar-refractivity contribution in [3.8, 4) is 0 Å². The van der Waals surface area contributed by atoms with Gasteiger partial charge in [0.25, 0.3) is 0 Å². The highest BCUT2D eigenvalue weighted by atomic mass is 19.1. The normalized spacial score (nSPS) is 16.9. The van der Waals surface area contributed by atoms with E-state index in [2.05, 4.69) is 22.1 Å². The second kappa shape index (κ2) is 5.00. The van der Waals surface area contributed by atoms with Crippen LogP contribution in [0.2, 0.25) is 0 Å². The number of nitrogens with zero attached hydrogens (tertiary/aromatic N) is 2. The Morgan fingerprint density at radius 3 is 2.88 bits per heavy atom. The van der Waals surface area contributed by atoms with E-state index in [9.17, 15) is 4.39 Å². The van der Waals surface area contributed by atoms with Gasteiger partial charge in [0.1, 0.15) is 11.6 Å². The molecule has 1 heterocycles. The lowest BCUT2D eigenvalue weighted by Crippen LogP contribution is -2.32. The molecule has 0 aromatic carbocycles. The lowest BCUT2D eigenvalue weighted by atomic mass is 10.1. The average molecular weight is 237 g/mol. The molecule has 0 bridgehead atoms. The minimum absolute atomic E-state index is 0.272. The maximum absolute atomic E-state index is 13.2. The molecule has 94 valence electrons. The fraction of sp³-hybridized carbons (Fsp3) is 0.615. The van der Waals surface area contributed by atoms with Crippen LogP contribution in [0.4, 0.5) is 10.2 Å². The molecule has 1 aromatic rings. The second-order valence-corrected chi connectivity index (χ2v) is 4.86. The van der Waals surface area contributed by atoms with E-state index in [1.165, 1.54) is 19.0 Å². The van der Waals surface area contributed by atoms with Gasteiger partial charge >= 0.3 is 0 Å². The molecule has 0 spiro atoms. The number of aromatic nitrogens is 1. The summed E-state index contributed by atoms with van der Waals surface area (Å²) < 4.78 is 13.2. The summed E-state index contributed by atoms with van der Waals surface area (Å²) in [5, 5.41) is 3.06. The molecule has 1 unspecified atom stereocenters. The average Bonchev–Trinajstić information content (AvgIpc) is 3.12. The van der Waals surface area contributed by atoms with E-state index in [-0.39, 0.29) is 5.82 Å². The van der Waals surface area contributed by atoms with Crippen LogP contribution in [-0.4, -0.2) is 25.1 Å². The van der Waals surface area contributed by atoms with E-state index in [4.69, 9.17) is 0 Å². The summed E-state index contributed by atoms with van der Waals surface area (Å²) in [7, 11) is 3.90. The third kappa shape index (κ3) is 2.75. The Balaban J connectivity index is 2.22. The zero-order valence-corrected chi connectivity index (χ0v) is 10.7. The molecule has 1 aliphatic carbocycles. The lowest BCUT2D eigenvalue weighted by molar-refractivity contribution is 0.589. The number of hydrogen-bond acceptors (Lipinski definition) is 3. The summed E-state index contributed by atoms with van der Waals surface area (Å²) in [4.78, 5) is 6.41. The first-order valence-electron chi connectivity index (χ1n) is 6.15. The van der Waals surface area contributed by atoms with Gasteiger partial charge in [-0.2, -0.15) is 0 Å². The van der Waals surface area contributed by atoms with Crippen molar-refractivity contribution in [2.24, 2.45) is 5.92 Å². The Labute approximate surface area is 102 Å². The van der Waals surface area contributed by atoms with E-state index < -0.39 is 0 Å². The van der Waals surface area contributed by atoms with Gasteiger partial charge in [0.15, 0.2) is 0 Å². The van der Waals surface area contributed by atoms with Gasteiger partial charge in [-0.15, -0.1) is 0 Å². The van der Waals surface area contributed by atoms with Crippen molar-refractivity contribution in [2.75, 3.05) is 19.0 Å². The number of hydrogen-bond donors (Lipinski definition) is 1. The van der Waals surface area contributed by atoms with Crippen molar-refractivity contribution in [3.63, 3.8) is 0 Å². The first-order valence-corrected chi connectivity index (χ1v) is 6.15. The van der Waals surface area contributed by atoms with E-state index in [1.54, 1.807) is 6.07 Å². The largest absolute Gasteiger partial charge is 0.356 e. The van der Waals surface area contributed by atoms with Gasteiger partial charge < -0.3 is 10.2 Å². The Morgan fingerprint density at radius 2 is 2.29 bits per heavy atom. The SMILES string of the molecule is CNCc1cc(F)cnc1N(C)C(C)C1CC1. The van der Waals surface area contributed by atoms with E-state index in [0.29, 0.717) is 12.6 Å². The van der Waals surface area contributed by atoms with Crippen molar-refractivity contribution in [3.05, 3.63) is 23.6 Å². The fourth-order valence-electron chi connectivity index (χ4n) is 2.20. The topological polar surface area (TPSA) is 28.2 Å². The molecular formula is C13H20FN3. The number of pyridine rings is 1. The van der Waals surface area contributed by atoms with Crippen LogP contribution in [0.25, 0.3) is 0 Å². The number of nitrogens with one attached hydrogen (secondary N) is 1. The van der Waals surface area contributed by atoms with Gasteiger partial charge in [0.05, 0.1) is 6.20 Å². The van der Waals surface area contributed by atoms with Crippen LogP contribution in [0.3, 0.4) is 0 Å². The van der Waals surface area contributed by atoms with Crippen LogP contribution < -0.4 is 10.2 Å². The number of rotatable bonds is 5. The first-order chi connectivity index (χ1) is 8.13. The first kappa shape index (κ1) is 12.3. The van der Waals surface area contributed by atoms with Crippen LogP contribution in [0.1, 0.15) is 25.3 Å². The zero-order chi connectivity index (χ0) is 12.4. The van der Waals surface area contributed by atoms with Gasteiger partial charge in [-0.25, -0.2) is 9.37 Å². The van der Waals surface area contributed by atoms with Crippen molar-refractivity contribution in [1.82, 2.24) is 10.3 Å². The molecule has 1 atom stereocenters. The molecule has 0 saturated heterocycles. The molecule has 0 amide bonds. The van der Waals surface area contributed by atoms with Crippen molar-refractivity contribution >= 4 is 5.82 Å². The van der Waals surface area contributed by atoms with Crippen LogP contribution >= 0.6 is 0 Å². The lowest BCUT2D eigenvalue weighted by Gasteiger charge is -2.27. The molecule has 1 aromatic heterocycles. The Kier molecular flexibility index (Phi) is 3.62. The predicted octanol–water partition coefficient (Wildman–Crippen LogP) is 2.17.